The molecule has 2 rings (SSSR count). The Bertz CT molecular complexity index is 622. The highest BCUT2D eigenvalue weighted by atomic mass is 16.5. The van der Waals surface area contributed by atoms with Gasteiger partial charge in [-0.25, -0.2) is 0 Å². The second-order valence-electron chi connectivity index (χ2n) is 4.23. The van der Waals surface area contributed by atoms with E-state index in [2.05, 4.69) is 0 Å². The minimum Gasteiger partial charge on any atom is -0.508 e. The van der Waals surface area contributed by atoms with Gasteiger partial charge in [-0.1, -0.05) is 6.07 Å². The first-order chi connectivity index (χ1) is 9.54. The lowest BCUT2D eigenvalue weighted by molar-refractivity contribution is 0.0987. The summed E-state index contributed by atoms with van der Waals surface area (Å²) in [4.78, 5) is 13.8. The Kier molecular flexibility index (Phi) is 3.79. The van der Waals surface area contributed by atoms with Gasteiger partial charge in [-0.3, -0.25) is 4.79 Å². The molecule has 0 saturated carbocycles. The number of amides is 1. The van der Waals surface area contributed by atoms with Crippen molar-refractivity contribution in [2.24, 2.45) is 0 Å². The molecule has 20 heavy (non-hydrogen) atoms. The van der Waals surface area contributed by atoms with Gasteiger partial charge in [-0.15, -0.1) is 0 Å². The second kappa shape index (κ2) is 5.52. The van der Waals surface area contributed by atoms with E-state index in [4.69, 9.17) is 4.74 Å². The minimum absolute atomic E-state index is 0.102. The van der Waals surface area contributed by atoms with E-state index in [1.807, 2.05) is 0 Å². The average molecular weight is 273 g/mol. The highest BCUT2D eigenvalue weighted by Gasteiger charge is 2.21. The third-order valence-corrected chi connectivity index (χ3v) is 2.98. The molecule has 0 spiro atoms. The number of phenolic OH excluding ortho intramolecular Hbond substituents is 2. The van der Waals surface area contributed by atoms with Crippen LogP contribution < -0.4 is 9.64 Å². The van der Waals surface area contributed by atoms with E-state index >= 15 is 0 Å². The second-order valence-corrected chi connectivity index (χ2v) is 4.23. The molecule has 0 fully saturated rings. The van der Waals surface area contributed by atoms with E-state index in [1.165, 1.54) is 30.2 Å². The maximum absolute atomic E-state index is 12.5. The van der Waals surface area contributed by atoms with Gasteiger partial charge in [0.25, 0.3) is 5.91 Å². The van der Waals surface area contributed by atoms with Gasteiger partial charge in [-0.05, 0) is 36.4 Å². The van der Waals surface area contributed by atoms with Crippen molar-refractivity contribution in [3.05, 3.63) is 48.0 Å². The van der Waals surface area contributed by atoms with Gasteiger partial charge in [-0.2, -0.15) is 0 Å². The first kappa shape index (κ1) is 13.7. The first-order valence-corrected chi connectivity index (χ1v) is 5.97. The Balaban J connectivity index is 2.38. The lowest BCUT2D eigenvalue weighted by atomic mass is 10.1. The van der Waals surface area contributed by atoms with Crippen molar-refractivity contribution in [2.75, 3.05) is 19.1 Å². The largest absolute Gasteiger partial charge is 0.508 e. The summed E-state index contributed by atoms with van der Waals surface area (Å²) in [5, 5.41) is 19.1. The van der Waals surface area contributed by atoms with Crippen LogP contribution in [0, 0.1) is 0 Å². The lowest BCUT2D eigenvalue weighted by Gasteiger charge is -2.19. The van der Waals surface area contributed by atoms with Crippen LogP contribution in [0.3, 0.4) is 0 Å². The van der Waals surface area contributed by atoms with Crippen LogP contribution in [-0.4, -0.2) is 30.3 Å². The summed E-state index contributed by atoms with van der Waals surface area (Å²) in [6.45, 7) is 0. The maximum Gasteiger partial charge on any atom is 0.265 e. The molecule has 2 aromatic rings. The van der Waals surface area contributed by atoms with Crippen LogP contribution in [0.4, 0.5) is 5.69 Å². The summed E-state index contributed by atoms with van der Waals surface area (Å²) in [6, 6.07) is 10.8. The van der Waals surface area contributed by atoms with E-state index in [-0.39, 0.29) is 17.1 Å². The fraction of sp³-hybridized carbons (Fsp3) is 0.133. The molecule has 0 aliphatic carbocycles. The number of phenols is 2. The number of aromatic hydroxyl groups is 2. The highest BCUT2D eigenvalue weighted by molar-refractivity contribution is 6.09. The topological polar surface area (TPSA) is 70.0 Å². The van der Waals surface area contributed by atoms with Crippen LogP contribution in [0.25, 0.3) is 0 Å². The van der Waals surface area contributed by atoms with E-state index in [0.29, 0.717) is 11.4 Å². The molecular formula is C15H15NO4. The fourth-order valence-electron chi connectivity index (χ4n) is 1.87. The van der Waals surface area contributed by atoms with Crippen molar-refractivity contribution in [1.82, 2.24) is 0 Å². The molecule has 0 saturated heterocycles. The van der Waals surface area contributed by atoms with Crippen molar-refractivity contribution in [3.8, 4) is 17.2 Å². The molecule has 0 aliphatic heterocycles. The van der Waals surface area contributed by atoms with E-state index in [9.17, 15) is 15.0 Å². The zero-order valence-corrected chi connectivity index (χ0v) is 11.2. The Morgan fingerprint density at radius 2 is 1.75 bits per heavy atom. The number of methoxy groups -OCH3 is 1. The van der Waals surface area contributed by atoms with Gasteiger partial charge < -0.3 is 19.8 Å². The number of ether oxygens (including phenoxy) is 1. The summed E-state index contributed by atoms with van der Waals surface area (Å²) in [5.74, 6) is -0.110. The van der Waals surface area contributed by atoms with Crippen LogP contribution >= 0.6 is 0 Å². The third kappa shape index (κ3) is 2.51. The number of rotatable bonds is 3. The van der Waals surface area contributed by atoms with Gasteiger partial charge in [0.2, 0.25) is 0 Å². The summed E-state index contributed by atoms with van der Waals surface area (Å²) < 4.78 is 5.10. The van der Waals surface area contributed by atoms with Crippen molar-refractivity contribution in [2.45, 2.75) is 0 Å². The summed E-state index contributed by atoms with van der Waals surface area (Å²) in [5.41, 5.74) is 0.698. The summed E-state index contributed by atoms with van der Waals surface area (Å²) in [6.07, 6.45) is 0. The monoisotopic (exact) mass is 273 g/mol. The van der Waals surface area contributed by atoms with Crippen molar-refractivity contribution < 1.29 is 19.7 Å². The minimum atomic E-state index is -0.398. The van der Waals surface area contributed by atoms with Gasteiger partial charge in [0.15, 0.2) is 0 Å². The molecule has 0 heterocycles. The van der Waals surface area contributed by atoms with Gasteiger partial charge in [0.1, 0.15) is 22.8 Å². The number of hydrogen-bond donors (Lipinski definition) is 2. The number of benzene rings is 2. The number of carbonyl (C=O) groups excluding carboxylic acids is 1. The van der Waals surface area contributed by atoms with Crippen LogP contribution in [0.2, 0.25) is 0 Å². The lowest BCUT2D eigenvalue weighted by Crippen LogP contribution is -2.26. The van der Waals surface area contributed by atoms with E-state index < -0.39 is 5.91 Å². The van der Waals surface area contributed by atoms with Crippen LogP contribution in [-0.2, 0) is 0 Å². The van der Waals surface area contributed by atoms with E-state index in [0.717, 1.165) is 0 Å². The number of carbonyl (C=O) groups is 1. The normalized spacial score (nSPS) is 10.1. The molecule has 0 unspecified atom stereocenters. The molecule has 0 aromatic heterocycles. The molecule has 5 nitrogen and oxygen atoms in total. The zero-order chi connectivity index (χ0) is 14.7. The Labute approximate surface area is 116 Å². The van der Waals surface area contributed by atoms with Crippen LogP contribution in [0.5, 0.6) is 17.2 Å². The number of nitrogens with zero attached hydrogens (tertiary/aromatic N) is 1. The SMILES string of the molecule is COc1cccc(O)c1C(=O)N(C)c1ccc(O)cc1. The van der Waals surface area contributed by atoms with Gasteiger partial charge >= 0.3 is 0 Å². The first-order valence-electron chi connectivity index (χ1n) is 5.97. The molecule has 1 amide bonds. The molecule has 104 valence electrons. The number of hydrogen-bond acceptors (Lipinski definition) is 4. The highest BCUT2D eigenvalue weighted by Crippen LogP contribution is 2.30. The average Bonchev–Trinajstić information content (AvgIpc) is 2.46. The van der Waals surface area contributed by atoms with Gasteiger partial charge in [0.05, 0.1) is 7.11 Å². The predicted molar refractivity (Wildman–Crippen MR) is 75.5 cm³/mol. The van der Waals surface area contributed by atoms with Gasteiger partial charge in [0, 0.05) is 12.7 Å². The van der Waals surface area contributed by atoms with Crippen LogP contribution in [0.1, 0.15) is 10.4 Å². The summed E-state index contributed by atoms with van der Waals surface area (Å²) in [7, 11) is 3.02. The predicted octanol–water partition coefficient (Wildman–Crippen LogP) is 2.38. The quantitative estimate of drug-likeness (QED) is 0.900. The zero-order valence-electron chi connectivity index (χ0n) is 11.2. The van der Waals surface area contributed by atoms with Crippen LogP contribution in [0.15, 0.2) is 42.5 Å². The molecule has 0 radical (unpaired) electrons. The molecule has 5 heteroatoms. The molecular weight excluding hydrogens is 258 g/mol. The molecule has 0 bridgehead atoms. The maximum atomic E-state index is 12.5. The molecule has 2 N–H and O–H groups in total. The smallest absolute Gasteiger partial charge is 0.265 e. The standard InChI is InChI=1S/C15H15NO4/c1-16(10-6-8-11(17)9-7-10)15(19)14-12(18)4-3-5-13(14)20-2/h3-9,17-18H,1-2H3. The molecule has 2 aromatic carbocycles. The van der Waals surface area contributed by atoms with Crippen molar-refractivity contribution in [3.63, 3.8) is 0 Å². The van der Waals surface area contributed by atoms with Crippen molar-refractivity contribution >= 4 is 11.6 Å². The Hall–Kier alpha value is -2.69. The Morgan fingerprint density at radius 1 is 1.10 bits per heavy atom. The Morgan fingerprint density at radius 3 is 2.35 bits per heavy atom. The molecule has 0 aliphatic rings. The summed E-state index contributed by atoms with van der Waals surface area (Å²) >= 11 is 0. The molecule has 0 atom stereocenters. The van der Waals surface area contributed by atoms with Crippen molar-refractivity contribution in [1.29, 1.82) is 0 Å². The van der Waals surface area contributed by atoms with E-state index in [1.54, 1.807) is 31.3 Å². The third-order valence-electron chi connectivity index (χ3n) is 2.98. The fourth-order valence-corrected chi connectivity index (χ4v) is 1.87. The number of anilines is 1.